The Kier molecular flexibility index (Phi) is 2.51. The van der Waals surface area contributed by atoms with E-state index in [4.69, 9.17) is 5.11 Å². The second-order valence-electron chi connectivity index (χ2n) is 2.78. The summed E-state index contributed by atoms with van der Waals surface area (Å²) in [5, 5.41) is 16.4. The van der Waals surface area contributed by atoms with E-state index in [2.05, 4.69) is 26.1 Å². The van der Waals surface area contributed by atoms with Crippen molar-refractivity contribution in [3.63, 3.8) is 0 Å². The van der Waals surface area contributed by atoms with Gasteiger partial charge in [-0.1, -0.05) is 12.1 Å². The lowest BCUT2D eigenvalue weighted by molar-refractivity contribution is 0.0690. The minimum Gasteiger partial charge on any atom is -0.476 e. The lowest BCUT2D eigenvalue weighted by Gasteiger charge is -2.00. The summed E-state index contributed by atoms with van der Waals surface area (Å²) in [5.74, 6) is -1.09. The van der Waals surface area contributed by atoms with Gasteiger partial charge in [0.1, 0.15) is 0 Å². The number of hydrogen-bond acceptors (Lipinski definition) is 3. The number of carboxylic acids is 1. The van der Waals surface area contributed by atoms with Crippen molar-refractivity contribution in [2.75, 3.05) is 0 Å². The van der Waals surface area contributed by atoms with Gasteiger partial charge in [-0.3, -0.25) is 0 Å². The highest BCUT2D eigenvalue weighted by Gasteiger charge is 2.10. The van der Waals surface area contributed by atoms with Crippen molar-refractivity contribution in [1.82, 2.24) is 15.0 Å². The van der Waals surface area contributed by atoms with Gasteiger partial charge in [0.15, 0.2) is 5.69 Å². The van der Waals surface area contributed by atoms with Crippen molar-refractivity contribution in [2.24, 2.45) is 0 Å². The number of benzene rings is 1. The molecule has 0 radical (unpaired) electrons. The summed E-state index contributed by atoms with van der Waals surface area (Å²) in [6.07, 6.45) is 1.21. The zero-order chi connectivity index (χ0) is 10.8. The summed E-state index contributed by atoms with van der Waals surface area (Å²) < 4.78 is 0.803. The molecule has 0 spiro atoms. The molecule has 1 N–H and O–H groups in total. The van der Waals surface area contributed by atoms with Crippen LogP contribution >= 0.6 is 15.9 Å². The van der Waals surface area contributed by atoms with E-state index in [0.29, 0.717) is 5.69 Å². The SMILES string of the molecule is O=C(O)c1cnn(-c2ccccc2Br)n1. The number of rotatable bonds is 2. The molecule has 0 amide bonds. The van der Waals surface area contributed by atoms with Crippen LogP contribution in [0, 0.1) is 0 Å². The molecular weight excluding hydrogens is 262 g/mol. The smallest absolute Gasteiger partial charge is 0.358 e. The van der Waals surface area contributed by atoms with Crippen molar-refractivity contribution in [2.45, 2.75) is 0 Å². The Morgan fingerprint density at radius 1 is 1.40 bits per heavy atom. The standard InChI is InChI=1S/C9H6BrN3O2/c10-6-3-1-2-4-8(6)13-11-5-7(12-13)9(14)15/h1-5H,(H,14,15). The maximum absolute atomic E-state index is 10.6. The summed E-state index contributed by atoms with van der Waals surface area (Å²) in [5.41, 5.74) is 0.621. The molecule has 0 unspecified atom stereocenters. The first kappa shape index (κ1) is 9.85. The van der Waals surface area contributed by atoms with Gasteiger partial charge in [0.2, 0.25) is 0 Å². The molecule has 0 saturated heterocycles. The molecule has 0 aliphatic rings. The summed E-state index contributed by atoms with van der Waals surface area (Å²) in [7, 11) is 0. The molecule has 5 nitrogen and oxygen atoms in total. The summed E-state index contributed by atoms with van der Waals surface area (Å²) in [6.45, 7) is 0. The molecule has 6 heteroatoms. The topological polar surface area (TPSA) is 68.0 Å². The van der Waals surface area contributed by atoms with E-state index >= 15 is 0 Å². The largest absolute Gasteiger partial charge is 0.476 e. The highest BCUT2D eigenvalue weighted by Crippen LogP contribution is 2.18. The Morgan fingerprint density at radius 2 is 2.13 bits per heavy atom. The second kappa shape index (κ2) is 3.82. The zero-order valence-electron chi connectivity index (χ0n) is 7.46. The highest BCUT2D eigenvalue weighted by atomic mass is 79.9. The van der Waals surface area contributed by atoms with Crippen LogP contribution in [0.15, 0.2) is 34.9 Å². The van der Waals surface area contributed by atoms with Gasteiger partial charge in [-0.05, 0) is 28.1 Å². The van der Waals surface area contributed by atoms with Gasteiger partial charge in [-0.25, -0.2) is 4.79 Å². The average molecular weight is 268 g/mol. The molecule has 1 heterocycles. The molecule has 2 aromatic rings. The Hall–Kier alpha value is -1.69. The number of nitrogens with zero attached hydrogens (tertiary/aromatic N) is 3. The zero-order valence-corrected chi connectivity index (χ0v) is 9.05. The minimum atomic E-state index is -1.09. The Balaban J connectivity index is 2.46. The lowest BCUT2D eigenvalue weighted by atomic mass is 10.3. The maximum atomic E-state index is 10.6. The first-order chi connectivity index (χ1) is 7.18. The van der Waals surface area contributed by atoms with Crippen molar-refractivity contribution in [3.8, 4) is 5.69 Å². The van der Waals surface area contributed by atoms with Crippen LogP contribution in [0.25, 0.3) is 5.69 Å². The first-order valence-electron chi connectivity index (χ1n) is 4.09. The predicted molar refractivity (Wildman–Crippen MR) is 56.0 cm³/mol. The van der Waals surface area contributed by atoms with Crippen molar-refractivity contribution in [1.29, 1.82) is 0 Å². The van der Waals surface area contributed by atoms with Crippen LogP contribution in [0.3, 0.4) is 0 Å². The molecule has 76 valence electrons. The number of aromatic nitrogens is 3. The van der Waals surface area contributed by atoms with Crippen molar-refractivity contribution in [3.05, 3.63) is 40.6 Å². The van der Waals surface area contributed by atoms with Crippen LogP contribution in [-0.4, -0.2) is 26.1 Å². The summed E-state index contributed by atoms with van der Waals surface area (Å²) in [4.78, 5) is 11.9. The van der Waals surface area contributed by atoms with Crippen LogP contribution in [-0.2, 0) is 0 Å². The quantitative estimate of drug-likeness (QED) is 0.900. The van der Waals surface area contributed by atoms with E-state index in [1.54, 1.807) is 6.07 Å². The highest BCUT2D eigenvalue weighted by molar-refractivity contribution is 9.10. The van der Waals surface area contributed by atoms with Crippen molar-refractivity contribution >= 4 is 21.9 Å². The third-order valence-corrected chi connectivity index (χ3v) is 2.45. The van der Waals surface area contributed by atoms with E-state index in [9.17, 15) is 4.79 Å². The molecule has 1 aromatic heterocycles. The van der Waals surface area contributed by atoms with Crippen LogP contribution in [0.5, 0.6) is 0 Å². The molecule has 15 heavy (non-hydrogen) atoms. The number of aromatic carboxylic acids is 1. The molecule has 0 atom stereocenters. The van der Waals surface area contributed by atoms with Gasteiger partial charge in [0.05, 0.1) is 11.9 Å². The molecule has 2 rings (SSSR count). The Labute approximate surface area is 93.5 Å². The van der Waals surface area contributed by atoms with Crippen molar-refractivity contribution < 1.29 is 9.90 Å². The molecule has 0 aliphatic heterocycles. The van der Waals surface area contributed by atoms with Gasteiger partial charge in [-0.2, -0.15) is 5.10 Å². The fourth-order valence-corrected chi connectivity index (χ4v) is 1.53. The summed E-state index contributed by atoms with van der Waals surface area (Å²) >= 11 is 3.33. The molecule has 0 fully saturated rings. The van der Waals surface area contributed by atoms with Gasteiger partial charge < -0.3 is 5.11 Å². The van der Waals surface area contributed by atoms with Crippen LogP contribution in [0.4, 0.5) is 0 Å². The van der Waals surface area contributed by atoms with E-state index in [-0.39, 0.29) is 5.69 Å². The average Bonchev–Trinajstić information content (AvgIpc) is 2.67. The van der Waals surface area contributed by atoms with E-state index < -0.39 is 5.97 Å². The fourth-order valence-electron chi connectivity index (χ4n) is 1.09. The van der Waals surface area contributed by atoms with E-state index in [0.717, 1.165) is 4.47 Å². The van der Waals surface area contributed by atoms with Gasteiger partial charge in [0, 0.05) is 4.47 Å². The normalized spacial score (nSPS) is 10.2. The third kappa shape index (κ3) is 1.89. The molecule has 0 bridgehead atoms. The second-order valence-corrected chi connectivity index (χ2v) is 3.63. The molecular formula is C9H6BrN3O2. The fraction of sp³-hybridized carbons (Fsp3) is 0. The third-order valence-electron chi connectivity index (χ3n) is 1.78. The number of hydrogen-bond donors (Lipinski definition) is 1. The molecule has 0 saturated carbocycles. The Morgan fingerprint density at radius 3 is 2.73 bits per heavy atom. The number of halogens is 1. The molecule has 1 aromatic carbocycles. The minimum absolute atomic E-state index is 0.0780. The van der Waals surface area contributed by atoms with E-state index in [1.165, 1.54) is 11.0 Å². The summed E-state index contributed by atoms with van der Waals surface area (Å²) in [6, 6.07) is 7.30. The van der Waals surface area contributed by atoms with Crippen LogP contribution in [0.1, 0.15) is 10.5 Å². The van der Waals surface area contributed by atoms with Crippen LogP contribution < -0.4 is 0 Å². The first-order valence-corrected chi connectivity index (χ1v) is 4.88. The monoisotopic (exact) mass is 267 g/mol. The number of carbonyl (C=O) groups is 1. The maximum Gasteiger partial charge on any atom is 0.358 e. The predicted octanol–water partition coefficient (Wildman–Crippen LogP) is 1.73. The Bertz CT molecular complexity index is 510. The molecule has 0 aliphatic carbocycles. The number of para-hydroxylation sites is 1. The van der Waals surface area contributed by atoms with Gasteiger partial charge in [0.25, 0.3) is 0 Å². The van der Waals surface area contributed by atoms with E-state index in [1.807, 2.05) is 18.2 Å². The van der Waals surface area contributed by atoms with Crippen LogP contribution in [0.2, 0.25) is 0 Å². The van der Waals surface area contributed by atoms with Gasteiger partial charge in [-0.15, -0.1) is 9.90 Å². The lowest BCUT2D eigenvalue weighted by Crippen LogP contribution is -2.02. The van der Waals surface area contributed by atoms with Gasteiger partial charge >= 0.3 is 5.97 Å². The number of carboxylic acid groups (broad SMARTS) is 1.